The molecule has 54 valence electrons. The maximum Gasteiger partial charge on any atom is 0.508 e. The van der Waals surface area contributed by atoms with Crippen LogP contribution >= 0.6 is 0 Å². The van der Waals surface area contributed by atoms with Crippen LogP contribution in [-0.2, 0) is 9.47 Å². The maximum atomic E-state index is 11.6. The second-order valence-electron chi connectivity index (χ2n) is 1.54. The SMILES string of the molecule is COC(=O)OC(C)CF. The number of carbonyl (C=O) groups is 1. The minimum Gasteiger partial charge on any atom is -0.438 e. The Morgan fingerprint density at radius 2 is 2.33 bits per heavy atom. The Morgan fingerprint density at radius 3 is 2.67 bits per heavy atom. The summed E-state index contributed by atoms with van der Waals surface area (Å²) >= 11 is 0. The van der Waals surface area contributed by atoms with Gasteiger partial charge in [-0.15, -0.1) is 0 Å². The van der Waals surface area contributed by atoms with Crippen molar-refractivity contribution in [1.82, 2.24) is 0 Å². The highest BCUT2D eigenvalue weighted by Crippen LogP contribution is 1.92. The lowest BCUT2D eigenvalue weighted by Gasteiger charge is -2.05. The molecule has 0 aromatic carbocycles. The standard InChI is InChI=1S/C5H9FO3/c1-4(3-6)9-5(7)8-2/h4H,3H2,1-2H3. The number of methoxy groups -OCH3 is 1. The van der Waals surface area contributed by atoms with Crippen molar-refractivity contribution in [2.45, 2.75) is 13.0 Å². The molecule has 0 aromatic rings. The summed E-state index contributed by atoms with van der Waals surface area (Å²) in [5, 5.41) is 0. The van der Waals surface area contributed by atoms with Crippen LogP contribution in [0.2, 0.25) is 0 Å². The molecule has 0 saturated carbocycles. The topological polar surface area (TPSA) is 35.5 Å². The van der Waals surface area contributed by atoms with Gasteiger partial charge in [0, 0.05) is 0 Å². The Hall–Kier alpha value is -0.800. The van der Waals surface area contributed by atoms with Gasteiger partial charge in [-0.1, -0.05) is 0 Å². The Balaban J connectivity index is 3.34. The van der Waals surface area contributed by atoms with Crippen LogP contribution in [0.3, 0.4) is 0 Å². The molecule has 0 aliphatic rings. The van der Waals surface area contributed by atoms with Gasteiger partial charge in [-0.3, -0.25) is 0 Å². The van der Waals surface area contributed by atoms with Gasteiger partial charge in [-0.2, -0.15) is 0 Å². The molecule has 0 aliphatic heterocycles. The van der Waals surface area contributed by atoms with Crippen LogP contribution in [-0.4, -0.2) is 26.0 Å². The summed E-state index contributed by atoms with van der Waals surface area (Å²) in [6.45, 7) is 0.756. The zero-order valence-electron chi connectivity index (χ0n) is 5.39. The number of carbonyl (C=O) groups excluding carboxylic acids is 1. The summed E-state index contributed by atoms with van der Waals surface area (Å²) in [6.07, 6.45) is -1.56. The Morgan fingerprint density at radius 1 is 1.78 bits per heavy atom. The summed E-state index contributed by atoms with van der Waals surface area (Å²) in [5.74, 6) is 0. The van der Waals surface area contributed by atoms with E-state index in [-0.39, 0.29) is 0 Å². The van der Waals surface area contributed by atoms with Crippen molar-refractivity contribution in [3.05, 3.63) is 0 Å². The van der Waals surface area contributed by atoms with Gasteiger partial charge in [0.1, 0.15) is 12.8 Å². The molecule has 0 N–H and O–H groups in total. The van der Waals surface area contributed by atoms with Crippen molar-refractivity contribution >= 4 is 6.16 Å². The van der Waals surface area contributed by atoms with Gasteiger partial charge in [0.25, 0.3) is 0 Å². The summed E-state index contributed by atoms with van der Waals surface area (Å²) < 4.78 is 20.0. The van der Waals surface area contributed by atoms with Gasteiger partial charge in [0.05, 0.1) is 7.11 Å². The molecule has 3 nitrogen and oxygen atoms in total. The molecule has 0 aliphatic carbocycles. The minimum atomic E-state index is -0.847. The van der Waals surface area contributed by atoms with E-state index >= 15 is 0 Å². The highest BCUT2D eigenvalue weighted by Gasteiger charge is 2.06. The second-order valence-corrected chi connectivity index (χ2v) is 1.54. The second kappa shape index (κ2) is 4.12. The first-order valence-corrected chi connectivity index (χ1v) is 2.51. The van der Waals surface area contributed by atoms with Crippen LogP contribution < -0.4 is 0 Å². The summed E-state index contributed by atoms with van der Waals surface area (Å²) in [4.78, 5) is 10.2. The molecule has 0 rings (SSSR count). The lowest BCUT2D eigenvalue weighted by Crippen LogP contribution is -2.16. The maximum absolute atomic E-state index is 11.6. The Bertz CT molecular complexity index is 94.2. The van der Waals surface area contributed by atoms with Crippen LogP contribution in [0.4, 0.5) is 9.18 Å². The highest BCUT2D eigenvalue weighted by atomic mass is 19.1. The van der Waals surface area contributed by atoms with Gasteiger partial charge in [0.2, 0.25) is 0 Å². The van der Waals surface area contributed by atoms with Crippen molar-refractivity contribution in [3.8, 4) is 0 Å². The molecule has 0 radical (unpaired) electrons. The summed E-state index contributed by atoms with van der Waals surface area (Å²) in [5.41, 5.74) is 0. The molecule has 0 amide bonds. The number of alkyl halides is 1. The molecule has 0 bridgehead atoms. The molecular weight excluding hydrogens is 127 g/mol. The number of rotatable bonds is 2. The number of ether oxygens (including phenoxy) is 2. The Labute approximate surface area is 52.8 Å². The zero-order chi connectivity index (χ0) is 7.28. The van der Waals surface area contributed by atoms with E-state index in [2.05, 4.69) is 9.47 Å². The van der Waals surface area contributed by atoms with Crippen molar-refractivity contribution in [2.24, 2.45) is 0 Å². The van der Waals surface area contributed by atoms with Gasteiger partial charge in [-0.05, 0) is 6.92 Å². The van der Waals surface area contributed by atoms with Crippen molar-refractivity contribution in [2.75, 3.05) is 13.8 Å². The van der Waals surface area contributed by atoms with E-state index in [1.165, 1.54) is 14.0 Å². The van der Waals surface area contributed by atoms with Crippen LogP contribution in [0.15, 0.2) is 0 Å². The van der Waals surface area contributed by atoms with Crippen molar-refractivity contribution < 1.29 is 18.7 Å². The van der Waals surface area contributed by atoms with Crippen LogP contribution in [0.5, 0.6) is 0 Å². The third kappa shape index (κ3) is 3.76. The minimum absolute atomic E-state index is 0.685. The fourth-order valence-corrected chi connectivity index (χ4v) is 0.244. The average molecular weight is 136 g/mol. The average Bonchev–Trinajstić information content (AvgIpc) is 1.87. The largest absolute Gasteiger partial charge is 0.508 e. The van der Waals surface area contributed by atoms with Crippen molar-refractivity contribution in [3.63, 3.8) is 0 Å². The summed E-state index contributed by atoms with van der Waals surface area (Å²) in [7, 11) is 1.17. The quantitative estimate of drug-likeness (QED) is 0.534. The molecule has 1 unspecified atom stereocenters. The fraction of sp³-hybridized carbons (Fsp3) is 0.800. The first kappa shape index (κ1) is 8.20. The Kier molecular flexibility index (Phi) is 3.75. The predicted molar refractivity (Wildman–Crippen MR) is 28.9 cm³/mol. The molecule has 0 saturated heterocycles. The molecule has 0 heterocycles. The van der Waals surface area contributed by atoms with E-state index in [0.717, 1.165) is 0 Å². The predicted octanol–water partition coefficient (Wildman–Crippen LogP) is 1.13. The van der Waals surface area contributed by atoms with E-state index in [0.29, 0.717) is 0 Å². The lowest BCUT2D eigenvalue weighted by molar-refractivity contribution is 0.0346. The molecule has 1 atom stereocenters. The van der Waals surface area contributed by atoms with Gasteiger partial charge in [-0.25, -0.2) is 9.18 Å². The van der Waals surface area contributed by atoms with Crippen LogP contribution in [0, 0.1) is 0 Å². The number of hydrogen-bond acceptors (Lipinski definition) is 3. The van der Waals surface area contributed by atoms with Gasteiger partial charge in [0.15, 0.2) is 0 Å². The van der Waals surface area contributed by atoms with Crippen LogP contribution in [0.25, 0.3) is 0 Å². The first-order chi connectivity index (χ1) is 4.20. The number of hydrogen-bond donors (Lipinski definition) is 0. The van der Waals surface area contributed by atoms with E-state index in [4.69, 9.17) is 0 Å². The molecule has 4 heteroatoms. The monoisotopic (exact) mass is 136 g/mol. The lowest BCUT2D eigenvalue weighted by atomic mass is 10.5. The first-order valence-electron chi connectivity index (χ1n) is 2.51. The molecule has 0 spiro atoms. The van der Waals surface area contributed by atoms with Crippen LogP contribution in [0.1, 0.15) is 6.92 Å². The third-order valence-corrected chi connectivity index (χ3v) is 0.681. The van der Waals surface area contributed by atoms with E-state index in [1.807, 2.05) is 0 Å². The number of halogens is 1. The molecule has 0 aromatic heterocycles. The highest BCUT2D eigenvalue weighted by molar-refractivity contribution is 5.59. The molecule has 0 fully saturated rings. The molecule has 9 heavy (non-hydrogen) atoms. The van der Waals surface area contributed by atoms with E-state index < -0.39 is 18.9 Å². The summed E-state index contributed by atoms with van der Waals surface area (Å²) in [6, 6.07) is 0. The third-order valence-electron chi connectivity index (χ3n) is 0.681. The van der Waals surface area contributed by atoms with E-state index in [9.17, 15) is 9.18 Å². The fourth-order valence-electron chi connectivity index (χ4n) is 0.244. The zero-order valence-corrected chi connectivity index (χ0v) is 5.39. The normalized spacial score (nSPS) is 12.3. The van der Waals surface area contributed by atoms with E-state index in [1.54, 1.807) is 0 Å². The van der Waals surface area contributed by atoms with Gasteiger partial charge < -0.3 is 9.47 Å². The van der Waals surface area contributed by atoms with Gasteiger partial charge >= 0.3 is 6.16 Å². The molecular formula is C5H9FO3. The smallest absolute Gasteiger partial charge is 0.438 e. The van der Waals surface area contributed by atoms with Crippen molar-refractivity contribution in [1.29, 1.82) is 0 Å².